The van der Waals surface area contributed by atoms with E-state index in [-0.39, 0.29) is 0 Å². The van der Waals surface area contributed by atoms with E-state index in [4.69, 9.17) is 55.6 Å². The molecule has 0 aliphatic carbocycles. The maximum absolute atomic E-state index is 7.96. The first-order valence-electron chi connectivity index (χ1n) is 42.6. The molecule has 0 aromatic heterocycles. The summed E-state index contributed by atoms with van der Waals surface area (Å²) >= 11 is 0. The maximum Gasteiger partial charge on any atom is 0.347 e. The minimum atomic E-state index is -3.51. The monoisotopic (exact) mass is 1750 g/mol. The Hall–Kier alpha value is -14.8. The fraction of sp³-hybridized carbons (Fsp3) is 0.0893. The Bertz CT molecular complexity index is 5270. The van der Waals surface area contributed by atoms with Crippen molar-refractivity contribution in [2.75, 3.05) is 56.9 Å². The van der Waals surface area contributed by atoms with Crippen LogP contribution in [0.5, 0.6) is 69.0 Å². The minimum absolute atomic E-state index is 0.438. The topological polar surface area (TPSA) is 111 Å². The molecule has 0 heterocycles. The van der Waals surface area contributed by atoms with Crippen molar-refractivity contribution in [2.45, 2.75) is 11.8 Å². The summed E-state index contributed by atoms with van der Waals surface area (Å²) in [6, 6.07) is 151. The van der Waals surface area contributed by atoms with Crippen molar-refractivity contribution in [3.05, 3.63) is 470 Å². The van der Waals surface area contributed by atoms with E-state index in [9.17, 15) is 0 Å². The van der Waals surface area contributed by atoms with Crippen LogP contribution in [0.15, 0.2) is 437 Å². The molecule has 17 aromatic rings. The van der Waals surface area contributed by atoms with Crippen molar-refractivity contribution in [3.63, 3.8) is 0 Å². The predicted molar refractivity (Wildman–Crippen MR) is 525 cm³/mol. The molecule has 0 N–H and O–H groups in total. The lowest BCUT2D eigenvalue weighted by Gasteiger charge is -2.35. The SMILES string of the molecule is COc1cc(C(c2ccc(C(c3cc(OC)c(O[Si](c4ccccc4)(c4ccccc4)c4ccccc4)c(OC)c3)c3cc(OC)c(O[Si](c4ccccc4)(c4ccccc4)c4ccccc4)c(OC)c3)cc2)c2cc(OC)c(O[Si](c3ccccc3)(c3ccccc3)c3ccccc3)c(OC)c2)cc(OC)c1O[Si](c1ccccc1)(c1ccccc1)c1ccccc1. The zero-order chi connectivity index (χ0) is 87.9. The van der Waals surface area contributed by atoms with E-state index in [0.717, 1.165) is 95.6 Å². The number of hydrogen-bond donors (Lipinski definition) is 0. The first-order chi connectivity index (χ1) is 63.1. The van der Waals surface area contributed by atoms with Crippen molar-refractivity contribution in [2.24, 2.45) is 0 Å². The summed E-state index contributed by atoms with van der Waals surface area (Å²) in [5, 5.41) is 12.3. The van der Waals surface area contributed by atoms with E-state index in [1.807, 2.05) is 72.8 Å². The average Bonchev–Trinajstić information content (AvgIpc) is 0.752. The van der Waals surface area contributed by atoms with Gasteiger partial charge in [-0.3, -0.25) is 0 Å². The smallest absolute Gasteiger partial charge is 0.347 e. The third-order valence-electron chi connectivity index (χ3n) is 24.1. The van der Waals surface area contributed by atoms with Gasteiger partial charge in [-0.2, -0.15) is 0 Å². The molecule has 0 atom stereocenters. The van der Waals surface area contributed by atoms with Gasteiger partial charge in [0.1, 0.15) is 0 Å². The van der Waals surface area contributed by atoms with Gasteiger partial charge in [0.15, 0.2) is 69.0 Å². The second kappa shape index (κ2) is 38.8. The van der Waals surface area contributed by atoms with Gasteiger partial charge in [-0.1, -0.05) is 388 Å². The van der Waals surface area contributed by atoms with E-state index in [1.54, 1.807) is 56.9 Å². The van der Waals surface area contributed by atoms with E-state index < -0.39 is 45.1 Å². The van der Waals surface area contributed by atoms with Crippen LogP contribution in [0, 0.1) is 0 Å². The summed E-state index contributed by atoms with van der Waals surface area (Å²) in [6.45, 7) is 0. The molecule has 12 nitrogen and oxygen atoms in total. The van der Waals surface area contributed by atoms with Gasteiger partial charge in [0.2, 0.25) is 0 Å². The molecule has 17 rings (SSSR count). The van der Waals surface area contributed by atoms with Gasteiger partial charge in [-0.05, 0) is 144 Å². The second-order valence-corrected chi connectivity index (χ2v) is 44.3. The molecular weight excluding hydrogens is 1650 g/mol. The Morgan fingerprint density at radius 2 is 0.250 bits per heavy atom. The average molecular weight is 1750 g/mol. The fourth-order valence-corrected chi connectivity index (χ4v) is 33.5. The van der Waals surface area contributed by atoms with Crippen LogP contribution in [0.2, 0.25) is 0 Å². The number of rotatable bonds is 34. The first-order valence-corrected chi connectivity index (χ1v) is 50.3. The van der Waals surface area contributed by atoms with Crippen LogP contribution < -0.4 is 118 Å². The third-order valence-corrected chi connectivity index (χ3v) is 39.9. The predicted octanol–water partition coefficient (Wildman–Crippen LogP) is 16.3. The number of ether oxygens (including phenoxy) is 8. The van der Waals surface area contributed by atoms with E-state index in [2.05, 4.69) is 364 Å². The van der Waals surface area contributed by atoms with Gasteiger partial charge in [0.25, 0.3) is 0 Å². The van der Waals surface area contributed by atoms with Gasteiger partial charge in [0.05, 0.1) is 56.9 Å². The van der Waals surface area contributed by atoms with E-state index in [1.165, 1.54) is 0 Å². The van der Waals surface area contributed by atoms with Crippen LogP contribution in [0.3, 0.4) is 0 Å². The quantitative estimate of drug-likeness (QED) is 0.0283. The second-order valence-electron chi connectivity index (χ2n) is 31.1. The molecule has 128 heavy (non-hydrogen) atoms. The summed E-state index contributed by atoms with van der Waals surface area (Å²) < 4.78 is 85.6. The van der Waals surface area contributed by atoms with Gasteiger partial charge in [-0.25, -0.2) is 0 Å². The molecular formula is C112H98O12Si4. The Morgan fingerprint density at radius 3 is 0.352 bits per heavy atom. The number of hydrogen-bond acceptors (Lipinski definition) is 12. The Balaban J connectivity index is 0.893. The largest absolute Gasteiger partial charge is 0.525 e. The van der Waals surface area contributed by atoms with Crippen molar-refractivity contribution >= 4 is 95.5 Å². The highest BCUT2D eigenvalue weighted by atomic mass is 28.4. The summed E-state index contributed by atoms with van der Waals surface area (Å²) in [5.41, 5.74) is 4.91. The summed E-state index contributed by atoms with van der Waals surface area (Å²) in [5.74, 6) is 4.03. The van der Waals surface area contributed by atoms with Crippen LogP contribution in [0.4, 0.5) is 0 Å². The van der Waals surface area contributed by atoms with Gasteiger partial charge < -0.3 is 55.6 Å². The molecule has 16 heteroatoms. The first kappa shape index (κ1) is 85.4. The van der Waals surface area contributed by atoms with Crippen LogP contribution in [0.1, 0.15) is 45.2 Å². The Kier molecular flexibility index (Phi) is 25.9. The van der Waals surface area contributed by atoms with Gasteiger partial charge in [0, 0.05) is 11.8 Å². The van der Waals surface area contributed by atoms with Crippen LogP contribution >= 0.6 is 0 Å². The summed E-state index contributed by atoms with van der Waals surface area (Å²) in [6.07, 6.45) is 0. The molecule has 0 spiro atoms. The number of methoxy groups -OCH3 is 8. The lowest BCUT2D eigenvalue weighted by Crippen LogP contribution is -2.71. The molecule has 0 saturated carbocycles. The van der Waals surface area contributed by atoms with Crippen molar-refractivity contribution in [1.82, 2.24) is 0 Å². The van der Waals surface area contributed by atoms with Gasteiger partial charge >= 0.3 is 33.3 Å². The molecule has 0 saturated heterocycles. The molecule has 0 fully saturated rings. The molecule has 0 radical (unpaired) electrons. The van der Waals surface area contributed by atoms with E-state index >= 15 is 0 Å². The van der Waals surface area contributed by atoms with Crippen LogP contribution in [0.25, 0.3) is 0 Å². The third kappa shape index (κ3) is 16.4. The standard InChI is InChI=1S/C112H98O12Si4/c1-113-99-73-83(74-100(114-2)109(99)121-125(87-45-21-9-22-46-87,88-47-23-10-24-48-88)89-49-25-11-26-50-89)107(84-75-101(115-3)110(102(76-84)116-4)122-126(90-51-27-12-28-52-90,91-53-29-13-30-54-91)92-55-31-14-32-56-92)81-69-71-82(72-70-81)108(85-77-103(117-5)111(104(78-85)118-6)123-127(93-57-33-15-34-58-93,94-59-35-16-36-60-94)95-61-37-17-38-62-95)86-79-105(119-7)112(106(80-86)120-8)124-128(96-63-39-18-40-64-96,97-65-41-19-42-66-97)98-67-43-20-44-68-98/h9-80,107-108H,1-8H3. The Labute approximate surface area is 753 Å². The molecule has 634 valence electrons. The zero-order valence-corrected chi connectivity index (χ0v) is 76.6. The number of benzene rings is 17. The summed E-state index contributed by atoms with van der Waals surface area (Å²) in [7, 11) is -0.609. The molecule has 0 aliphatic rings. The maximum atomic E-state index is 7.96. The normalized spacial score (nSPS) is 11.6. The van der Waals surface area contributed by atoms with Crippen LogP contribution in [-0.4, -0.2) is 90.1 Å². The molecule has 0 unspecified atom stereocenters. The fourth-order valence-electron chi connectivity index (χ4n) is 18.1. The van der Waals surface area contributed by atoms with Crippen molar-refractivity contribution < 1.29 is 55.6 Å². The lowest BCUT2D eigenvalue weighted by molar-refractivity contribution is 0.361. The van der Waals surface area contributed by atoms with Crippen molar-refractivity contribution in [1.29, 1.82) is 0 Å². The minimum Gasteiger partial charge on any atom is -0.525 e. The highest BCUT2D eigenvalue weighted by molar-refractivity contribution is 7.09. The van der Waals surface area contributed by atoms with Crippen molar-refractivity contribution in [3.8, 4) is 69.0 Å². The van der Waals surface area contributed by atoms with E-state index in [0.29, 0.717) is 69.0 Å². The molecule has 0 bridgehead atoms. The molecule has 0 amide bonds. The lowest BCUT2D eigenvalue weighted by atomic mass is 9.81. The summed E-state index contributed by atoms with van der Waals surface area (Å²) in [4.78, 5) is 0. The Morgan fingerprint density at radius 1 is 0.141 bits per heavy atom. The highest BCUT2D eigenvalue weighted by Crippen LogP contribution is 2.52. The zero-order valence-electron chi connectivity index (χ0n) is 72.6. The molecule has 17 aromatic carbocycles. The molecule has 0 aliphatic heterocycles. The van der Waals surface area contributed by atoms with Crippen LogP contribution in [-0.2, 0) is 0 Å². The van der Waals surface area contributed by atoms with Gasteiger partial charge in [-0.15, -0.1) is 0 Å². The highest BCUT2D eigenvalue weighted by Gasteiger charge is 2.50.